The second-order valence-corrected chi connectivity index (χ2v) is 5.93. The zero-order chi connectivity index (χ0) is 16.9. The van der Waals surface area contributed by atoms with Crippen molar-refractivity contribution in [2.24, 2.45) is 10.1 Å². The molecule has 6 heteroatoms. The van der Waals surface area contributed by atoms with Gasteiger partial charge in [0, 0.05) is 35.4 Å². The van der Waals surface area contributed by atoms with E-state index in [4.69, 9.17) is 0 Å². The van der Waals surface area contributed by atoms with Crippen LogP contribution in [0.15, 0.2) is 64.3 Å². The Balaban J connectivity index is 2.18. The molecule has 0 aliphatic carbocycles. The maximum absolute atomic E-state index is 14.2. The molecule has 2 aromatic heterocycles. The molecule has 0 fully saturated rings. The Morgan fingerprint density at radius 2 is 2.08 bits per heavy atom. The van der Waals surface area contributed by atoms with Crippen molar-refractivity contribution in [1.29, 1.82) is 0 Å². The Morgan fingerprint density at radius 3 is 2.79 bits per heavy atom. The van der Waals surface area contributed by atoms with Gasteiger partial charge in [-0.15, -0.1) is 11.3 Å². The maximum atomic E-state index is 14.2. The lowest BCUT2D eigenvalue weighted by molar-refractivity contribution is 0.629. The molecule has 1 aromatic carbocycles. The van der Waals surface area contributed by atoms with Crippen LogP contribution in [0.1, 0.15) is 19.4 Å². The Kier molecular flexibility index (Phi) is 4.96. The minimum absolute atomic E-state index is 0.277. The van der Waals surface area contributed by atoms with Crippen molar-refractivity contribution < 1.29 is 4.39 Å². The fourth-order valence-electron chi connectivity index (χ4n) is 2.28. The summed E-state index contributed by atoms with van der Waals surface area (Å²) in [7, 11) is 0. The zero-order valence-corrected chi connectivity index (χ0v) is 14.3. The Morgan fingerprint density at radius 1 is 1.25 bits per heavy atom. The Labute approximate surface area is 143 Å². The van der Waals surface area contributed by atoms with Crippen molar-refractivity contribution in [3.63, 3.8) is 0 Å². The van der Waals surface area contributed by atoms with E-state index in [0.717, 1.165) is 16.1 Å². The van der Waals surface area contributed by atoms with Gasteiger partial charge in [0.05, 0.1) is 11.4 Å². The van der Waals surface area contributed by atoms with E-state index in [0.29, 0.717) is 17.8 Å². The van der Waals surface area contributed by atoms with Crippen LogP contribution in [0.4, 0.5) is 4.39 Å². The summed E-state index contributed by atoms with van der Waals surface area (Å²) in [5.41, 5.74) is 2.90. The smallest absolute Gasteiger partial charge is 0.206 e. The fourth-order valence-corrected chi connectivity index (χ4v) is 3.17. The van der Waals surface area contributed by atoms with Crippen LogP contribution in [0.5, 0.6) is 0 Å². The third kappa shape index (κ3) is 3.33. The molecule has 0 aliphatic heterocycles. The highest BCUT2D eigenvalue weighted by Crippen LogP contribution is 2.23. The van der Waals surface area contributed by atoms with E-state index in [9.17, 15) is 4.39 Å². The highest BCUT2D eigenvalue weighted by atomic mass is 32.1. The second-order valence-electron chi connectivity index (χ2n) is 5.10. The first kappa shape index (κ1) is 16.3. The van der Waals surface area contributed by atoms with E-state index in [1.807, 2.05) is 37.4 Å². The van der Waals surface area contributed by atoms with Gasteiger partial charge < -0.3 is 0 Å². The number of pyridine rings is 1. The molecule has 2 heterocycles. The average Bonchev–Trinajstić information content (AvgIpc) is 2.99. The molecule has 0 unspecified atom stereocenters. The number of benzene rings is 1. The van der Waals surface area contributed by atoms with Crippen LogP contribution in [0.25, 0.3) is 11.3 Å². The van der Waals surface area contributed by atoms with Crippen LogP contribution in [0, 0.1) is 5.82 Å². The van der Waals surface area contributed by atoms with Crippen LogP contribution >= 0.6 is 11.3 Å². The van der Waals surface area contributed by atoms with Crippen molar-refractivity contribution in [1.82, 2.24) is 9.66 Å². The van der Waals surface area contributed by atoms with Gasteiger partial charge in [-0.2, -0.15) is 5.10 Å². The van der Waals surface area contributed by atoms with Gasteiger partial charge in [0.1, 0.15) is 5.82 Å². The molecule has 0 amide bonds. The molecular formula is C18H17FN4S. The van der Waals surface area contributed by atoms with Crippen LogP contribution in [-0.4, -0.2) is 21.9 Å². The number of nitrogens with zero attached hydrogens (tertiary/aromatic N) is 4. The minimum atomic E-state index is -0.277. The Bertz CT molecular complexity index is 925. The largest absolute Gasteiger partial charge is 0.264 e. The van der Waals surface area contributed by atoms with Gasteiger partial charge in [-0.1, -0.05) is 18.2 Å². The van der Waals surface area contributed by atoms with Gasteiger partial charge >= 0.3 is 0 Å². The average molecular weight is 340 g/mol. The van der Waals surface area contributed by atoms with Gasteiger partial charge in [-0.3, -0.25) is 9.98 Å². The number of aromatic nitrogens is 2. The standard InChI is InChI=1S/C18H17FN4S/c1-3-21-18-23(22-13(2)14-7-6-10-20-11-14)17(12-24-18)15-8-4-5-9-16(15)19/h4-12H,3H2,1-2H3. The summed E-state index contributed by atoms with van der Waals surface area (Å²) >= 11 is 1.45. The predicted octanol–water partition coefficient (Wildman–Crippen LogP) is 3.94. The summed E-state index contributed by atoms with van der Waals surface area (Å²) in [5, 5.41) is 6.55. The molecule has 0 N–H and O–H groups in total. The van der Waals surface area contributed by atoms with E-state index in [-0.39, 0.29) is 5.82 Å². The summed E-state index contributed by atoms with van der Waals surface area (Å²) in [5.74, 6) is -0.277. The van der Waals surface area contributed by atoms with Crippen molar-refractivity contribution in [2.45, 2.75) is 13.8 Å². The minimum Gasteiger partial charge on any atom is -0.264 e. The quantitative estimate of drug-likeness (QED) is 0.663. The van der Waals surface area contributed by atoms with Crippen molar-refractivity contribution in [2.75, 3.05) is 6.54 Å². The van der Waals surface area contributed by atoms with E-state index in [1.165, 1.54) is 17.4 Å². The normalized spacial score (nSPS) is 12.6. The fraction of sp³-hybridized carbons (Fsp3) is 0.167. The van der Waals surface area contributed by atoms with Crippen LogP contribution < -0.4 is 4.80 Å². The number of rotatable bonds is 4. The van der Waals surface area contributed by atoms with Crippen molar-refractivity contribution >= 4 is 17.0 Å². The molecule has 4 nitrogen and oxygen atoms in total. The summed E-state index contributed by atoms with van der Waals surface area (Å²) in [6, 6.07) is 10.5. The van der Waals surface area contributed by atoms with Gasteiger partial charge in [0.25, 0.3) is 0 Å². The number of halogens is 1. The topological polar surface area (TPSA) is 42.5 Å². The van der Waals surface area contributed by atoms with E-state index >= 15 is 0 Å². The van der Waals surface area contributed by atoms with Gasteiger partial charge in [0.15, 0.2) is 0 Å². The molecular weight excluding hydrogens is 323 g/mol. The number of hydrogen-bond donors (Lipinski definition) is 0. The first-order valence-corrected chi connectivity index (χ1v) is 8.50. The highest BCUT2D eigenvalue weighted by molar-refractivity contribution is 7.07. The molecule has 0 atom stereocenters. The maximum Gasteiger partial charge on any atom is 0.206 e. The lowest BCUT2D eigenvalue weighted by atomic mass is 10.1. The van der Waals surface area contributed by atoms with Crippen LogP contribution in [0.3, 0.4) is 0 Å². The molecule has 3 aromatic rings. The zero-order valence-electron chi connectivity index (χ0n) is 13.5. The summed E-state index contributed by atoms with van der Waals surface area (Å²) in [4.78, 5) is 9.32. The third-order valence-electron chi connectivity index (χ3n) is 3.46. The predicted molar refractivity (Wildman–Crippen MR) is 95.7 cm³/mol. The van der Waals surface area contributed by atoms with Crippen molar-refractivity contribution in [3.8, 4) is 11.3 Å². The van der Waals surface area contributed by atoms with E-state index < -0.39 is 0 Å². The van der Waals surface area contributed by atoms with Crippen LogP contribution in [-0.2, 0) is 0 Å². The summed E-state index contributed by atoms with van der Waals surface area (Å²) in [6.45, 7) is 4.51. The third-order valence-corrected chi connectivity index (χ3v) is 4.31. The molecule has 122 valence electrons. The molecule has 0 saturated heterocycles. The number of hydrogen-bond acceptors (Lipinski definition) is 4. The second kappa shape index (κ2) is 7.31. The van der Waals surface area contributed by atoms with Gasteiger partial charge in [0.2, 0.25) is 4.80 Å². The van der Waals surface area contributed by atoms with Crippen LogP contribution in [0.2, 0.25) is 0 Å². The molecule has 24 heavy (non-hydrogen) atoms. The molecule has 0 saturated carbocycles. The lowest BCUT2D eigenvalue weighted by Gasteiger charge is -2.07. The highest BCUT2D eigenvalue weighted by Gasteiger charge is 2.12. The molecule has 0 aliphatic rings. The summed E-state index contributed by atoms with van der Waals surface area (Å²) < 4.78 is 15.9. The molecule has 0 radical (unpaired) electrons. The molecule has 3 rings (SSSR count). The first-order valence-electron chi connectivity index (χ1n) is 7.62. The van der Waals surface area contributed by atoms with E-state index in [2.05, 4.69) is 15.1 Å². The number of thiazole rings is 1. The molecule has 0 bridgehead atoms. The van der Waals surface area contributed by atoms with Crippen molar-refractivity contribution in [3.05, 3.63) is 70.4 Å². The van der Waals surface area contributed by atoms with Gasteiger partial charge in [-0.05, 0) is 32.0 Å². The SMILES string of the molecule is CCN=c1scc(-c2ccccc2F)n1N=C(C)c1cccnc1. The lowest BCUT2D eigenvalue weighted by Crippen LogP contribution is -2.14. The van der Waals surface area contributed by atoms with Gasteiger partial charge in [-0.25, -0.2) is 9.07 Å². The molecule has 0 spiro atoms. The summed E-state index contributed by atoms with van der Waals surface area (Å²) in [6.07, 6.45) is 3.47. The monoisotopic (exact) mass is 340 g/mol. The Hall–Kier alpha value is -2.60. The first-order chi connectivity index (χ1) is 11.7. The van der Waals surface area contributed by atoms with E-state index in [1.54, 1.807) is 29.2 Å².